The van der Waals surface area contributed by atoms with E-state index in [0.717, 1.165) is 32.5 Å². The molecular weight excluding hydrogens is 248 g/mol. The fourth-order valence-corrected chi connectivity index (χ4v) is 3.49. The van der Waals surface area contributed by atoms with Gasteiger partial charge in [0.1, 0.15) is 0 Å². The van der Waals surface area contributed by atoms with Gasteiger partial charge >= 0.3 is 0 Å². The van der Waals surface area contributed by atoms with Crippen LogP contribution in [-0.2, 0) is 6.42 Å². The Morgan fingerprint density at radius 3 is 2.85 bits per heavy atom. The summed E-state index contributed by atoms with van der Waals surface area (Å²) in [5.74, 6) is 0.645. The molecular formula is C17H26N2O. The molecule has 1 aromatic rings. The van der Waals surface area contributed by atoms with E-state index in [-0.39, 0.29) is 12.1 Å². The average Bonchev–Trinajstić information content (AvgIpc) is 3.27. The van der Waals surface area contributed by atoms with E-state index in [2.05, 4.69) is 41.4 Å². The third kappa shape index (κ3) is 2.57. The van der Waals surface area contributed by atoms with E-state index >= 15 is 0 Å². The summed E-state index contributed by atoms with van der Waals surface area (Å²) in [4.78, 5) is 2.46. The van der Waals surface area contributed by atoms with E-state index < -0.39 is 0 Å². The lowest BCUT2D eigenvalue weighted by Crippen LogP contribution is -2.58. The van der Waals surface area contributed by atoms with Crippen LogP contribution in [0.25, 0.3) is 0 Å². The molecule has 1 atom stereocenters. The Kier molecular flexibility index (Phi) is 3.99. The normalized spacial score (nSPS) is 20.8. The van der Waals surface area contributed by atoms with Crippen molar-refractivity contribution in [3.05, 3.63) is 29.8 Å². The van der Waals surface area contributed by atoms with Crippen LogP contribution < -0.4 is 10.2 Å². The Balaban J connectivity index is 1.77. The predicted octanol–water partition coefficient (Wildman–Crippen LogP) is 2.19. The van der Waals surface area contributed by atoms with Gasteiger partial charge in [-0.2, -0.15) is 0 Å². The Bertz CT molecular complexity index is 458. The molecule has 3 nitrogen and oxygen atoms in total. The van der Waals surface area contributed by atoms with Crippen molar-refractivity contribution in [2.75, 3.05) is 31.1 Å². The Labute approximate surface area is 122 Å². The molecule has 1 saturated carbocycles. The van der Waals surface area contributed by atoms with E-state index in [9.17, 15) is 5.11 Å². The van der Waals surface area contributed by atoms with Crippen molar-refractivity contribution in [2.45, 2.75) is 38.1 Å². The second-order valence-electron chi connectivity index (χ2n) is 6.32. The molecule has 1 aliphatic carbocycles. The second-order valence-corrected chi connectivity index (χ2v) is 6.32. The maximum Gasteiger partial charge on any atom is 0.0633 e. The lowest BCUT2D eigenvalue weighted by molar-refractivity contribution is 0.144. The van der Waals surface area contributed by atoms with Crippen LogP contribution in [0.5, 0.6) is 0 Å². The molecule has 0 amide bonds. The van der Waals surface area contributed by atoms with Crippen LogP contribution in [0.15, 0.2) is 24.3 Å². The smallest absolute Gasteiger partial charge is 0.0633 e. The van der Waals surface area contributed by atoms with E-state index in [4.69, 9.17) is 0 Å². The van der Waals surface area contributed by atoms with Crippen molar-refractivity contribution in [1.82, 2.24) is 5.32 Å². The SMILES string of the molecule is CCCNC(CO)(CN1CCc2ccccc21)C1CC1. The predicted molar refractivity (Wildman–Crippen MR) is 83.2 cm³/mol. The zero-order valence-corrected chi connectivity index (χ0v) is 12.4. The number of anilines is 1. The summed E-state index contributed by atoms with van der Waals surface area (Å²) in [6.07, 6.45) is 4.76. The van der Waals surface area contributed by atoms with E-state index in [0.29, 0.717) is 5.92 Å². The lowest BCUT2D eigenvalue weighted by Gasteiger charge is -2.38. The van der Waals surface area contributed by atoms with Crippen LogP contribution in [0.3, 0.4) is 0 Å². The van der Waals surface area contributed by atoms with Crippen LogP contribution in [0.2, 0.25) is 0 Å². The number of fused-ring (bicyclic) bond motifs is 1. The van der Waals surface area contributed by atoms with Gasteiger partial charge in [-0.25, -0.2) is 0 Å². The molecule has 0 bridgehead atoms. The number of para-hydroxylation sites is 1. The molecule has 20 heavy (non-hydrogen) atoms. The molecule has 3 rings (SSSR count). The van der Waals surface area contributed by atoms with E-state index in [1.807, 2.05) is 0 Å². The zero-order valence-electron chi connectivity index (χ0n) is 12.4. The van der Waals surface area contributed by atoms with Crippen molar-refractivity contribution >= 4 is 5.69 Å². The summed E-state index contributed by atoms with van der Waals surface area (Å²) in [6, 6.07) is 8.69. The summed E-state index contributed by atoms with van der Waals surface area (Å²) in [7, 11) is 0. The summed E-state index contributed by atoms with van der Waals surface area (Å²) in [5.41, 5.74) is 2.71. The second kappa shape index (κ2) is 5.74. The number of aliphatic hydroxyl groups excluding tert-OH is 1. The minimum atomic E-state index is -0.104. The monoisotopic (exact) mass is 274 g/mol. The van der Waals surface area contributed by atoms with Gasteiger partial charge in [-0.15, -0.1) is 0 Å². The van der Waals surface area contributed by atoms with Gasteiger partial charge in [0, 0.05) is 18.8 Å². The number of rotatable bonds is 7. The summed E-state index contributed by atoms with van der Waals surface area (Å²) in [6.45, 7) is 5.45. The lowest BCUT2D eigenvalue weighted by atomic mass is 9.93. The van der Waals surface area contributed by atoms with Crippen molar-refractivity contribution in [3.8, 4) is 0 Å². The van der Waals surface area contributed by atoms with Gasteiger partial charge in [0.25, 0.3) is 0 Å². The first-order chi connectivity index (χ1) is 9.79. The number of hydrogen-bond donors (Lipinski definition) is 2. The summed E-state index contributed by atoms with van der Waals surface area (Å²) < 4.78 is 0. The molecule has 1 fully saturated rings. The Morgan fingerprint density at radius 1 is 1.35 bits per heavy atom. The summed E-state index contributed by atoms with van der Waals surface area (Å²) >= 11 is 0. The molecule has 0 radical (unpaired) electrons. The molecule has 1 unspecified atom stereocenters. The first-order valence-corrected chi connectivity index (χ1v) is 7.98. The molecule has 2 N–H and O–H groups in total. The van der Waals surface area contributed by atoms with Crippen molar-refractivity contribution in [2.24, 2.45) is 5.92 Å². The average molecular weight is 274 g/mol. The maximum absolute atomic E-state index is 10.0. The number of hydrogen-bond acceptors (Lipinski definition) is 3. The van der Waals surface area contributed by atoms with Gasteiger partial charge in [0.05, 0.1) is 12.1 Å². The van der Waals surface area contributed by atoms with Crippen molar-refractivity contribution < 1.29 is 5.11 Å². The van der Waals surface area contributed by atoms with Gasteiger partial charge in [0.2, 0.25) is 0 Å². The molecule has 1 aromatic carbocycles. The van der Waals surface area contributed by atoms with Gasteiger partial charge in [-0.3, -0.25) is 0 Å². The standard InChI is InChI=1S/C17H26N2O/c1-2-10-18-17(13-20,15-7-8-15)12-19-11-9-14-5-3-4-6-16(14)19/h3-6,15,18,20H,2,7-13H2,1H3. The number of nitrogens with one attached hydrogen (secondary N) is 1. The highest BCUT2D eigenvalue weighted by Crippen LogP contribution is 2.41. The molecule has 110 valence electrons. The van der Waals surface area contributed by atoms with E-state index in [1.54, 1.807) is 0 Å². The Morgan fingerprint density at radius 2 is 2.15 bits per heavy atom. The minimum Gasteiger partial charge on any atom is -0.394 e. The highest BCUT2D eigenvalue weighted by atomic mass is 16.3. The third-order valence-corrected chi connectivity index (χ3v) is 4.82. The largest absolute Gasteiger partial charge is 0.394 e. The third-order valence-electron chi connectivity index (χ3n) is 4.82. The number of benzene rings is 1. The molecule has 0 saturated heterocycles. The van der Waals surface area contributed by atoms with Crippen molar-refractivity contribution in [1.29, 1.82) is 0 Å². The fraction of sp³-hybridized carbons (Fsp3) is 0.647. The van der Waals surface area contributed by atoms with Crippen LogP contribution in [0.4, 0.5) is 5.69 Å². The Hall–Kier alpha value is -1.06. The number of nitrogens with zero attached hydrogens (tertiary/aromatic N) is 1. The first kappa shape index (κ1) is 13.9. The molecule has 0 spiro atoms. The topological polar surface area (TPSA) is 35.5 Å². The highest BCUT2D eigenvalue weighted by Gasteiger charge is 2.46. The maximum atomic E-state index is 10.0. The van der Waals surface area contributed by atoms with Crippen LogP contribution >= 0.6 is 0 Å². The molecule has 0 aromatic heterocycles. The molecule has 2 aliphatic rings. The van der Waals surface area contributed by atoms with E-state index in [1.165, 1.54) is 24.1 Å². The summed E-state index contributed by atoms with van der Waals surface area (Å²) in [5, 5.41) is 13.7. The highest BCUT2D eigenvalue weighted by molar-refractivity contribution is 5.58. The van der Waals surface area contributed by atoms with Gasteiger partial charge in [-0.05, 0) is 49.8 Å². The minimum absolute atomic E-state index is 0.104. The molecule has 3 heteroatoms. The van der Waals surface area contributed by atoms with Crippen LogP contribution in [0.1, 0.15) is 31.7 Å². The van der Waals surface area contributed by atoms with Gasteiger partial charge in [-0.1, -0.05) is 25.1 Å². The molecule has 1 heterocycles. The van der Waals surface area contributed by atoms with Crippen LogP contribution in [-0.4, -0.2) is 36.9 Å². The number of aliphatic hydroxyl groups is 1. The quantitative estimate of drug-likeness (QED) is 0.800. The van der Waals surface area contributed by atoms with Gasteiger partial charge in [0.15, 0.2) is 0 Å². The fourth-order valence-electron chi connectivity index (χ4n) is 3.49. The molecule has 1 aliphatic heterocycles. The van der Waals surface area contributed by atoms with Crippen LogP contribution in [0, 0.1) is 5.92 Å². The van der Waals surface area contributed by atoms with Gasteiger partial charge < -0.3 is 15.3 Å². The van der Waals surface area contributed by atoms with Crippen molar-refractivity contribution in [3.63, 3.8) is 0 Å². The zero-order chi connectivity index (χ0) is 14.0. The first-order valence-electron chi connectivity index (χ1n) is 7.98.